The molecule has 1 aliphatic heterocycles. The summed E-state index contributed by atoms with van der Waals surface area (Å²) >= 11 is 0. The standard InChI is InChI=1S/C20H30N2O2/c23-19-10-12-22(13-11-19)15-18-9-5-4-8-17(18)14-21-20(24)16-6-2-1-3-7-16/h4-5,8-9,16,19,23H,1-3,6-7,10-15H2,(H,21,24). The maximum Gasteiger partial charge on any atom is 0.223 e. The smallest absolute Gasteiger partial charge is 0.223 e. The van der Waals surface area contributed by atoms with Crippen LogP contribution in [0.3, 0.4) is 0 Å². The molecule has 0 bridgehead atoms. The van der Waals surface area contributed by atoms with Crippen molar-refractivity contribution >= 4 is 5.91 Å². The minimum absolute atomic E-state index is 0.133. The summed E-state index contributed by atoms with van der Waals surface area (Å²) in [5.74, 6) is 0.445. The Labute approximate surface area is 145 Å². The van der Waals surface area contributed by atoms with E-state index in [1.807, 2.05) is 6.07 Å². The van der Waals surface area contributed by atoms with Gasteiger partial charge in [0.2, 0.25) is 5.91 Å². The first-order valence-electron chi connectivity index (χ1n) is 9.47. The summed E-state index contributed by atoms with van der Waals surface area (Å²) in [5.41, 5.74) is 2.51. The van der Waals surface area contributed by atoms with Crippen LogP contribution in [-0.2, 0) is 17.9 Å². The number of nitrogens with zero attached hydrogens (tertiary/aromatic N) is 1. The fourth-order valence-corrected chi connectivity index (χ4v) is 3.89. The predicted molar refractivity (Wildman–Crippen MR) is 95.4 cm³/mol. The molecule has 1 saturated heterocycles. The number of carbonyl (C=O) groups is 1. The minimum atomic E-state index is -0.133. The fourth-order valence-electron chi connectivity index (χ4n) is 3.89. The molecule has 1 heterocycles. The van der Waals surface area contributed by atoms with Crippen molar-refractivity contribution in [3.8, 4) is 0 Å². The zero-order valence-corrected chi connectivity index (χ0v) is 14.5. The summed E-state index contributed by atoms with van der Waals surface area (Å²) in [6.45, 7) is 3.43. The summed E-state index contributed by atoms with van der Waals surface area (Å²) in [4.78, 5) is 14.8. The third kappa shape index (κ3) is 4.81. The van der Waals surface area contributed by atoms with E-state index in [1.165, 1.54) is 30.4 Å². The number of amides is 1. The third-order valence-electron chi connectivity index (χ3n) is 5.50. The molecule has 1 amide bonds. The van der Waals surface area contributed by atoms with Crippen LogP contribution in [0.5, 0.6) is 0 Å². The van der Waals surface area contributed by atoms with Crippen molar-refractivity contribution in [3.63, 3.8) is 0 Å². The predicted octanol–water partition coefficient (Wildman–Crippen LogP) is 2.84. The van der Waals surface area contributed by atoms with Crippen LogP contribution in [0.25, 0.3) is 0 Å². The minimum Gasteiger partial charge on any atom is -0.393 e. The molecule has 3 rings (SSSR count). The van der Waals surface area contributed by atoms with Crippen molar-refractivity contribution in [2.45, 2.75) is 64.1 Å². The Morgan fingerprint density at radius 3 is 2.42 bits per heavy atom. The first-order chi connectivity index (χ1) is 11.7. The number of aliphatic hydroxyl groups excluding tert-OH is 1. The second kappa shape index (κ2) is 8.63. The molecule has 1 aromatic carbocycles. The van der Waals surface area contributed by atoms with E-state index in [4.69, 9.17) is 0 Å². The quantitative estimate of drug-likeness (QED) is 0.873. The van der Waals surface area contributed by atoms with Gasteiger partial charge in [-0.1, -0.05) is 43.5 Å². The van der Waals surface area contributed by atoms with E-state index in [1.54, 1.807) is 0 Å². The lowest BCUT2D eigenvalue weighted by molar-refractivity contribution is -0.126. The molecule has 2 aliphatic rings. The van der Waals surface area contributed by atoms with E-state index in [0.29, 0.717) is 6.54 Å². The number of hydrogen-bond donors (Lipinski definition) is 2. The van der Waals surface area contributed by atoms with Crippen molar-refractivity contribution in [2.24, 2.45) is 5.92 Å². The van der Waals surface area contributed by atoms with Crippen LogP contribution in [0.15, 0.2) is 24.3 Å². The van der Waals surface area contributed by atoms with E-state index in [2.05, 4.69) is 28.4 Å². The molecule has 4 heteroatoms. The molecule has 0 radical (unpaired) electrons. The molecular formula is C20H30N2O2. The van der Waals surface area contributed by atoms with Gasteiger partial charge in [-0.25, -0.2) is 0 Å². The number of benzene rings is 1. The Kier molecular flexibility index (Phi) is 6.27. The van der Waals surface area contributed by atoms with Crippen molar-refractivity contribution in [2.75, 3.05) is 13.1 Å². The number of hydrogen-bond acceptors (Lipinski definition) is 3. The SMILES string of the molecule is O=C(NCc1ccccc1CN1CCC(O)CC1)C1CCCCC1. The van der Waals surface area contributed by atoms with Gasteiger partial charge in [0, 0.05) is 32.1 Å². The number of aliphatic hydroxyl groups is 1. The second-order valence-electron chi connectivity index (χ2n) is 7.33. The molecule has 2 fully saturated rings. The molecule has 1 aromatic rings. The van der Waals surface area contributed by atoms with Crippen LogP contribution in [0.4, 0.5) is 0 Å². The highest BCUT2D eigenvalue weighted by atomic mass is 16.3. The van der Waals surface area contributed by atoms with Gasteiger partial charge < -0.3 is 10.4 Å². The topological polar surface area (TPSA) is 52.6 Å². The van der Waals surface area contributed by atoms with Gasteiger partial charge in [0.1, 0.15) is 0 Å². The molecule has 4 nitrogen and oxygen atoms in total. The van der Waals surface area contributed by atoms with Crippen LogP contribution < -0.4 is 5.32 Å². The molecule has 0 atom stereocenters. The lowest BCUT2D eigenvalue weighted by Gasteiger charge is -2.30. The lowest BCUT2D eigenvalue weighted by Crippen LogP contribution is -2.36. The Hall–Kier alpha value is -1.39. The van der Waals surface area contributed by atoms with Crippen LogP contribution in [-0.4, -0.2) is 35.1 Å². The van der Waals surface area contributed by atoms with Crippen LogP contribution in [0, 0.1) is 5.92 Å². The van der Waals surface area contributed by atoms with Gasteiger partial charge in [-0.3, -0.25) is 9.69 Å². The van der Waals surface area contributed by atoms with Gasteiger partial charge in [-0.15, -0.1) is 0 Å². The monoisotopic (exact) mass is 330 g/mol. The lowest BCUT2D eigenvalue weighted by atomic mass is 9.88. The molecule has 0 unspecified atom stereocenters. The van der Waals surface area contributed by atoms with E-state index in [9.17, 15) is 9.90 Å². The van der Waals surface area contributed by atoms with Gasteiger partial charge in [-0.2, -0.15) is 0 Å². The Morgan fingerprint density at radius 1 is 1.04 bits per heavy atom. The van der Waals surface area contributed by atoms with Crippen LogP contribution in [0.2, 0.25) is 0 Å². The number of rotatable bonds is 5. The van der Waals surface area contributed by atoms with Crippen molar-refractivity contribution in [1.82, 2.24) is 10.2 Å². The number of likely N-dealkylation sites (tertiary alicyclic amines) is 1. The fraction of sp³-hybridized carbons (Fsp3) is 0.650. The highest BCUT2D eigenvalue weighted by molar-refractivity contribution is 5.78. The van der Waals surface area contributed by atoms with Crippen LogP contribution >= 0.6 is 0 Å². The molecule has 0 spiro atoms. The average Bonchev–Trinajstić information content (AvgIpc) is 2.63. The maximum atomic E-state index is 12.4. The molecule has 24 heavy (non-hydrogen) atoms. The summed E-state index contributed by atoms with van der Waals surface area (Å²) in [5, 5.41) is 12.8. The van der Waals surface area contributed by atoms with Gasteiger partial charge in [-0.05, 0) is 36.8 Å². The maximum absolute atomic E-state index is 12.4. The normalized spacial score (nSPS) is 20.9. The van der Waals surface area contributed by atoms with E-state index in [0.717, 1.165) is 45.3 Å². The van der Waals surface area contributed by atoms with Crippen molar-refractivity contribution in [1.29, 1.82) is 0 Å². The highest BCUT2D eigenvalue weighted by Gasteiger charge is 2.21. The molecular weight excluding hydrogens is 300 g/mol. The van der Waals surface area contributed by atoms with Crippen LogP contribution in [0.1, 0.15) is 56.1 Å². The molecule has 0 aromatic heterocycles. The summed E-state index contributed by atoms with van der Waals surface area (Å²) in [7, 11) is 0. The van der Waals surface area contributed by atoms with E-state index < -0.39 is 0 Å². The number of piperidine rings is 1. The molecule has 1 aliphatic carbocycles. The Morgan fingerprint density at radius 2 is 1.71 bits per heavy atom. The van der Waals surface area contributed by atoms with Crippen molar-refractivity contribution in [3.05, 3.63) is 35.4 Å². The molecule has 1 saturated carbocycles. The van der Waals surface area contributed by atoms with E-state index in [-0.39, 0.29) is 17.9 Å². The average molecular weight is 330 g/mol. The number of nitrogens with one attached hydrogen (secondary N) is 1. The summed E-state index contributed by atoms with van der Waals surface area (Å²) in [6, 6.07) is 8.40. The van der Waals surface area contributed by atoms with Gasteiger partial charge >= 0.3 is 0 Å². The van der Waals surface area contributed by atoms with Gasteiger partial charge in [0.25, 0.3) is 0 Å². The first kappa shape index (κ1) is 17.4. The first-order valence-corrected chi connectivity index (χ1v) is 9.47. The zero-order chi connectivity index (χ0) is 16.8. The van der Waals surface area contributed by atoms with Crippen molar-refractivity contribution < 1.29 is 9.90 Å². The zero-order valence-electron chi connectivity index (χ0n) is 14.5. The molecule has 132 valence electrons. The largest absolute Gasteiger partial charge is 0.393 e. The summed E-state index contributed by atoms with van der Waals surface area (Å²) in [6.07, 6.45) is 7.34. The second-order valence-corrected chi connectivity index (χ2v) is 7.33. The van der Waals surface area contributed by atoms with Gasteiger partial charge in [0.15, 0.2) is 0 Å². The Balaban J connectivity index is 1.54. The highest BCUT2D eigenvalue weighted by Crippen LogP contribution is 2.24. The number of carbonyl (C=O) groups excluding carboxylic acids is 1. The van der Waals surface area contributed by atoms with Gasteiger partial charge in [0.05, 0.1) is 6.10 Å². The van der Waals surface area contributed by atoms with E-state index >= 15 is 0 Å². The Bertz CT molecular complexity index is 532. The summed E-state index contributed by atoms with van der Waals surface area (Å²) < 4.78 is 0. The molecule has 2 N–H and O–H groups in total. The third-order valence-corrected chi connectivity index (χ3v) is 5.50.